The standard InChI is InChI=1S/C28H33Cl2N5O4S/c29-23-15-22(16-24(30)17-23)26-13-21(19-34-8-3-20(4-9-34)5-12-40(36,37)38)14-28(33-26)39-25-1-2-27(32-18-25)35-10-6-31-7-11-35/h1-2,13-18,20,31H,3-12,19H2,(H,36,37,38). The molecular weight excluding hydrogens is 573 g/mol. The number of rotatable bonds is 9. The summed E-state index contributed by atoms with van der Waals surface area (Å²) in [5, 5.41) is 4.40. The van der Waals surface area contributed by atoms with Crippen LogP contribution >= 0.6 is 23.2 Å². The van der Waals surface area contributed by atoms with E-state index in [0.717, 1.165) is 69.1 Å². The van der Waals surface area contributed by atoms with Gasteiger partial charge in [-0.15, -0.1) is 0 Å². The highest BCUT2D eigenvalue weighted by atomic mass is 35.5. The fraction of sp³-hybridized carbons (Fsp3) is 0.429. The van der Waals surface area contributed by atoms with Crippen LogP contribution in [0.15, 0.2) is 48.7 Å². The van der Waals surface area contributed by atoms with Crippen molar-refractivity contribution in [3.8, 4) is 22.9 Å². The van der Waals surface area contributed by atoms with Gasteiger partial charge in [0.2, 0.25) is 5.88 Å². The molecule has 0 radical (unpaired) electrons. The van der Waals surface area contributed by atoms with Crippen LogP contribution in [-0.4, -0.2) is 72.9 Å². The zero-order valence-electron chi connectivity index (χ0n) is 22.1. The van der Waals surface area contributed by atoms with Crippen LogP contribution in [-0.2, 0) is 16.7 Å². The first-order valence-electron chi connectivity index (χ1n) is 13.4. The van der Waals surface area contributed by atoms with Crippen LogP contribution in [0.3, 0.4) is 0 Å². The molecular formula is C28H33Cl2N5O4S. The molecule has 40 heavy (non-hydrogen) atoms. The largest absolute Gasteiger partial charge is 0.437 e. The van der Waals surface area contributed by atoms with Gasteiger partial charge in [-0.25, -0.2) is 9.97 Å². The molecule has 2 aliphatic heterocycles. The minimum absolute atomic E-state index is 0.181. The van der Waals surface area contributed by atoms with Crippen molar-refractivity contribution in [3.05, 3.63) is 64.3 Å². The number of benzene rings is 1. The molecule has 0 bridgehead atoms. The maximum absolute atomic E-state index is 11.1. The molecule has 0 aliphatic carbocycles. The lowest BCUT2D eigenvalue weighted by atomic mass is 9.94. The summed E-state index contributed by atoms with van der Waals surface area (Å²) in [7, 11) is -3.92. The summed E-state index contributed by atoms with van der Waals surface area (Å²) in [4.78, 5) is 13.9. The van der Waals surface area contributed by atoms with E-state index in [9.17, 15) is 8.42 Å². The fourth-order valence-corrected chi connectivity index (χ4v) is 6.35. The molecule has 3 aromatic rings. The van der Waals surface area contributed by atoms with E-state index in [-0.39, 0.29) is 11.7 Å². The Morgan fingerprint density at radius 1 is 1.00 bits per heavy atom. The van der Waals surface area contributed by atoms with Gasteiger partial charge >= 0.3 is 0 Å². The maximum atomic E-state index is 11.1. The second kappa shape index (κ2) is 13.0. The minimum atomic E-state index is -3.92. The third-order valence-electron chi connectivity index (χ3n) is 7.30. The van der Waals surface area contributed by atoms with Crippen molar-refractivity contribution in [2.45, 2.75) is 25.8 Å². The summed E-state index contributed by atoms with van der Waals surface area (Å²) >= 11 is 12.6. The first-order valence-corrected chi connectivity index (χ1v) is 15.8. The molecule has 0 atom stereocenters. The van der Waals surface area contributed by atoms with Crippen LogP contribution in [0, 0.1) is 5.92 Å². The number of pyridine rings is 2. The zero-order chi connectivity index (χ0) is 28.1. The number of halogens is 2. The Hall–Kier alpha value is -2.47. The summed E-state index contributed by atoms with van der Waals surface area (Å²) in [5.41, 5.74) is 2.52. The number of ether oxygens (including phenoxy) is 1. The van der Waals surface area contributed by atoms with Crippen LogP contribution < -0.4 is 15.0 Å². The fourth-order valence-electron chi connectivity index (χ4n) is 5.19. The zero-order valence-corrected chi connectivity index (χ0v) is 24.4. The van der Waals surface area contributed by atoms with Crippen LogP contribution in [0.4, 0.5) is 5.82 Å². The van der Waals surface area contributed by atoms with Gasteiger partial charge in [0.05, 0.1) is 17.6 Å². The number of aromatic nitrogens is 2. The van der Waals surface area contributed by atoms with Gasteiger partial charge in [-0.1, -0.05) is 23.2 Å². The van der Waals surface area contributed by atoms with Gasteiger partial charge < -0.3 is 15.0 Å². The van der Waals surface area contributed by atoms with Crippen LogP contribution in [0.5, 0.6) is 11.6 Å². The highest BCUT2D eigenvalue weighted by molar-refractivity contribution is 7.85. The average molecular weight is 607 g/mol. The first kappa shape index (κ1) is 29.0. The number of anilines is 1. The van der Waals surface area contributed by atoms with E-state index in [1.165, 1.54) is 0 Å². The number of nitrogens with zero attached hydrogens (tertiary/aromatic N) is 4. The highest BCUT2D eigenvalue weighted by Crippen LogP contribution is 2.31. The topological polar surface area (TPSA) is 108 Å². The Balaban J connectivity index is 1.32. The van der Waals surface area contributed by atoms with Crippen molar-refractivity contribution < 1.29 is 17.7 Å². The minimum Gasteiger partial charge on any atom is -0.437 e. The number of likely N-dealkylation sites (tertiary alicyclic amines) is 1. The van der Waals surface area contributed by atoms with E-state index in [1.54, 1.807) is 12.3 Å². The predicted octanol–water partition coefficient (Wildman–Crippen LogP) is 5.14. The molecule has 0 amide bonds. The molecule has 9 nitrogen and oxygen atoms in total. The Morgan fingerprint density at radius 3 is 2.38 bits per heavy atom. The summed E-state index contributed by atoms with van der Waals surface area (Å²) in [6.45, 7) is 6.07. The smallest absolute Gasteiger partial charge is 0.264 e. The molecule has 2 saturated heterocycles. The third kappa shape index (κ3) is 8.28. The summed E-state index contributed by atoms with van der Waals surface area (Å²) < 4.78 is 37.5. The summed E-state index contributed by atoms with van der Waals surface area (Å²) in [6, 6.07) is 13.2. The van der Waals surface area contributed by atoms with Crippen molar-refractivity contribution in [1.29, 1.82) is 0 Å². The summed E-state index contributed by atoms with van der Waals surface area (Å²) in [6.07, 6.45) is 3.97. The van der Waals surface area contributed by atoms with E-state index in [0.29, 0.717) is 40.3 Å². The van der Waals surface area contributed by atoms with E-state index >= 15 is 0 Å². The number of nitrogens with one attached hydrogen (secondary N) is 1. The number of hydrogen-bond acceptors (Lipinski definition) is 8. The Kier molecular flexibility index (Phi) is 9.45. The predicted molar refractivity (Wildman–Crippen MR) is 158 cm³/mol. The molecule has 2 aromatic heterocycles. The van der Waals surface area contributed by atoms with Gasteiger partial charge in [-0.3, -0.25) is 9.45 Å². The van der Waals surface area contributed by atoms with E-state index in [4.69, 9.17) is 37.5 Å². The number of piperazine rings is 1. The summed E-state index contributed by atoms with van der Waals surface area (Å²) in [5.74, 6) is 2.07. The van der Waals surface area contributed by atoms with E-state index < -0.39 is 10.1 Å². The van der Waals surface area contributed by atoms with Gasteiger partial charge in [-0.2, -0.15) is 8.42 Å². The third-order valence-corrected chi connectivity index (χ3v) is 8.49. The molecule has 0 unspecified atom stereocenters. The van der Waals surface area contributed by atoms with Crippen molar-refractivity contribution in [2.75, 3.05) is 49.9 Å². The second-order valence-corrected chi connectivity index (χ2v) is 12.8. The second-order valence-electron chi connectivity index (χ2n) is 10.3. The van der Waals surface area contributed by atoms with Crippen molar-refractivity contribution in [1.82, 2.24) is 20.2 Å². The van der Waals surface area contributed by atoms with Crippen molar-refractivity contribution in [3.63, 3.8) is 0 Å². The Bertz CT molecular complexity index is 1390. The molecule has 4 heterocycles. The van der Waals surface area contributed by atoms with Crippen molar-refractivity contribution >= 4 is 39.1 Å². The molecule has 2 aliphatic rings. The van der Waals surface area contributed by atoms with Crippen LogP contribution in [0.2, 0.25) is 10.0 Å². The molecule has 214 valence electrons. The number of piperidine rings is 1. The van der Waals surface area contributed by atoms with E-state index in [2.05, 4.69) is 20.1 Å². The molecule has 0 saturated carbocycles. The molecule has 12 heteroatoms. The van der Waals surface area contributed by atoms with Gasteiger partial charge in [-0.05, 0) is 80.2 Å². The lowest BCUT2D eigenvalue weighted by Crippen LogP contribution is -2.43. The molecule has 0 spiro atoms. The van der Waals surface area contributed by atoms with E-state index in [1.807, 2.05) is 36.4 Å². The molecule has 2 N–H and O–H groups in total. The quantitative estimate of drug-likeness (QED) is 0.320. The maximum Gasteiger partial charge on any atom is 0.264 e. The van der Waals surface area contributed by atoms with Gasteiger partial charge in [0, 0.05) is 54.4 Å². The SMILES string of the molecule is O=S(=O)(O)CCC1CCN(Cc2cc(Oc3ccc(N4CCNCC4)nc3)nc(-c3cc(Cl)cc(Cl)c3)c2)CC1. The van der Waals surface area contributed by atoms with Crippen LogP contribution in [0.1, 0.15) is 24.8 Å². The molecule has 5 rings (SSSR count). The van der Waals surface area contributed by atoms with Crippen molar-refractivity contribution in [2.24, 2.45) is 5.92 Å². The van der Waals surface area contributed by atoms with Gasteiger partial charge in [0.15, 0.2) is 0 Å². The van der Waals surface area contributed by atoms with Gasteiger partial charge in [0.25, 0.3) is 10.1 Å². The first-order chi connectivity index (χ1) is 19.2. The average Bonchev–Trinajstić information content (AvgIpc) is 2.92. The highest BCUT2D eigenvalue weighted by Gasteiger charge is 2.22. The van der Waals surface area contributed by atoms with Gasteiger partial charge in [0.1, 0.15) is 11.6 Å². The lowest BCUT2D eigenvalue weighted by Gasteiger charge is -2.32. The monoisotopic (exact) mass is 605 g/mol. The Labute approximate surface area is 245 Å². The molecule has 1 aromatic carbocycles. The normalized spacial score (nSPS) is 17.2. The lowest BCUT2D eigenvalue weighted by molar-refractivity contribution is 0.175. The molecule has 2 fully saturated rings. The van der Waals surface area contributed by atoms with Crippen LogP contribution in [0.25, 0.3) is 11.3 Å². The Morgan fingerprint density at radius 2 is 1.73 bits per heavy atom. The number of hydrogen-bond donors (Lipinski definition) is 2.